The summed E-state index contributed by atoms with van der Waals surface area (Å²) in [6, 6.07) is 17.6. The van der Waals surface area contributed by atoms with Gasteiger partial charge < -0.3 is 5.32 Å². The average molecular weight is 403 g/mol. The molecule has 0 saturated heterocycles. The molecule has 6 heteroatoms. The Morgan fingerprint density at radius 2 is 1.71 bits per heavy atom. The van der Waals surface area contributed by atoms with Gasteiger partial charge in [0.25, 0.3) is 0 Å². The maximum absolute atomic E-state index is 12.2. The molecule has 152 valence electrons. The van der Waals surface area contributed by atoms with Crippen LogP contribution in [0.3, 0.4) is 0 Å². The van der Waals surface area contributed by atoms with E-state index in [2.05, 4.69) is 17.4 Å². The standard InChI is InChI=1S/C22H30N2O3S/c1-18-11-15-21(16-12-18)24(28(3,26)27)17-7-10-22(25)23-19(2)13-14-20-8-5-4-6-9-20/h4-6,8-9,11-12,15-16,19H,7,10,13-14,17H2,1-3H3,(H,23,25)/t19-/m0/s1. The smallest absolute Gasteiger partial charge is 0.232 e. The molecule has 1 amide bonds. The van der Waals surface area contributed by atoms with E-state index < -0.39 is 10.0 Å². The fourth-order valence-electron chi connectivity index (χ4n) is 3.03. The minimum absolute atomic E-state index is 0.0436. The number of amides is 1. The van der Waals surface area contributed by atoms with E-state index in [0.29, 0.717) is 18.5 Å². The van der Waals surface area contributed by atoms with Gasteiger partial charge in [0.15, 0.2) is 0 Å². The molecule has 2 rings (SSSR count). The van der Waals surface area contributed by atoms with Gasteiger partial charge in [-0.25, -0.2) is 8.42 Å². The highest BCUT2D eigenvalue weighted by atomic mass is 32.2. The molecule has 0 aromatic heterocycles. The van der Waals surface area contributed by atoms with Crippen LogP contribution in [0.1, 0.15) is 37.3 Å². The van der Waals surface area contributed by atoms with Crippen LogP contribution in [0.15, 0.2) is 54.6 Å². The fraction of sp³-hybridized carbons (Fsp3) is 0.409. The molecule has 0 radical (unpaired) electrons. The van der Waals surface area contributed by atoms with Crippen LogP contribution in [0.25, 0.3) is 0 Å². The Balaban J connectivity index is 1.79. The van der Waals surface area contributed by atoms with E-state index in [4.69, 9.17) is 0 Å². The fourth-order valence-corrected chi connectivity index (χ4v) is 3.99. The highest BCUT2D eigenvalue weighted by Gasteiger charge is 2.17. The minimum atomic E-state index is -3.39. The number of aryl methyl sites for hydroxylation is 2. The van der Waals surface area contributed by atoms with E-state index in [0.717, 1.165) is 18.4 Å². The highest BCUT2D eigenvalue weighted by Crippen LogP contribution is 2.19. The van der Waals surface area contributed by atoms with Crippen LogP contribution in [0.2, 0.25) is 0 Å². The molecule has 0 bridgehead atoms. The normalized spacial score (nSPS) is 12.4. The lowest BCUT2D eigenvalue weighted by atomic mass is 10.1. The molecular formula is C22H30N2O3S. The van der Waals surface area contributed by atoms with E-state index in [1.165, 1.54) is 16.1 Å². The SMILES string of the molecule is Cc1ccc(N(CCCC(=O)N[C@@H](C)CCc2ccccc2)S(C)(=O)=O)cc1. The van der Waals surface area contributed by atoms with E-state index >= 15 is 0 Å². The summed E-state index contributed by atoms with van der Waals surface area (Å²) in [7, 11) is -3.39. The molecule has 0 spiro atoms. The predicted octanol–water partition coefficient (Wildman–Crippen LogP) is 3.68. The maximum atomic E-state index is 12.2. The first-order chi connectivity index (χ1) is 13.3. The Bertz CT molecular complexity index is 849. The van der Waals surface area contributed by atoms with E-state index in [1.807, 2.05) is 44.2 Å². The zero-order valence-electron chi connectivity index (χ0n) is 16.9. The summed E-state index contributed by atoms with van der Waals surface area (Å²) in [5, 5.41) is 3.00. The lowest BCUT2D eigenvalue weighted by molar-refractivity contribution is -0.121. The maximum Gasteiger partial charge on any atom is 0.232 e. The van der Waals surface area contributed by atoms with Gasteiger partial charge in [0.1, 0.15) is 0 Å². The predicted molar refractivity (Wildman–Crippen MR) is 115 cm³/mol. The zero-order valence-corrected chi connectivity index (χ0v) is 17.7. The second-order valence-corrected chi connectivity index (χ2v) is 9.17. The number of sulfonamides is 1. The van der Waals surface area contributed by atoms with Gasteiger partial charge in [0.05, 0.1) is 11.9 Å². The van der Waals surface area contributed by atoms with E-state index in [9.17, 15) is 13.2 Å². The van der Waals surface area contributed by atoms with Crippen LogP contribution < -0.4 is 9.62 Å². The summed E-state index contributed by atoms with van der Waals surface area (Å²) in [5.74, 6) is -0.0436. The van der Waals surface area contributed by atoms with Crippen molar-refractivity contribution in [2.24, 2.45) is 0 Å². The molecule has 5 nitrogen and oxygen atoms in total. The Labute approximate surface area is 168 Å². The van der Waals surface area contributed by atoms with Crippen molar-refractivity contribution < 1.29 is 13.2 Å². The van der Waals surface area contributed by atoms with Crippen LogP contribution in [0.4, 0.5) is 5.69 Å². The quantitative estimate of drug-likeness (QED) is 0.659. The number of benzene rings is 2. The van der Waals surface area contributed by atoms with Crippen molar-refractivity contribution in [1.82, 2.24) is 5.32 Å². The summed E-state index contributed by atoms with van der Waals surface area (Å²) in [6.07, 6.45) is 3.75. The van der Waals surface area contributed by atoms with Gasteiger partial charge in [-0.1, -0.05) is 48.0 Å². The second-order valence-electron chi connectivity index (χ2n) is 7.27. The molecule has 0 saturated carbocycles. The number of carbonyl (C=O) groups is 1. The van der Waals surface area contributed by atoms with Crippen molar-refractivity contribution in [1.29, 1.82) is 0 Å². The summed E-state index contributed by atoms with van der Waals surface area (Å²) in [5.41, 5.74) is 2.95. The van der Waals surface area contributed by atoms with Crippen LogP contribution in [-0.2, 0) is 21.2 Å². The summed E-state index contributed by atoms with van der Waals surface area (Å²) < 4.78 is 25.6. The second kappa shape index (κ2) is 10.3. The lowest BCUT2D eigenvalue weighted by Crippen LogP contribution is -2.34. The van der Waals surface area contributed by atoms with Crippen molar-refractivity contribution >= 4 is 21.6 Å². The molecule has 1 atom stereocenters. The van der Waals surface area contributed by atoms with Gasteiger partial charge in [0.2, 0.25) is 15.9 Å². The number of nitrogens with zero attached hydrogens (tertiary/aromatic N) is 1. The molecule has 0 unspecified atom stereocenters. The molecule has 0 heterocycles. The highest BCUT2D eigenvalue weighted by molar-refractivity contribution is 7.92. The Hall–Kier alpha value is -2.34. The molecule has 0 aliphatic heterocycles. The first-order valence-electron chi connectivity index (χ1n) is 9.63. The van der Waals surface area contributed by atoms with Gasteiger partial charge in [-0.3, -0.25) is 9.10 Å². The third kappa shape index (κ3) is 7.35. The third-order valence-corrected chi connectivity index (χ3v) is 5.80. The largest absolute Gasteiger partial charge is 0.354 e. The molecule has 0 aliphatic carbocycles. The number of carbonyl (C=O) groups excluding carboxylic acids is 1. The summed E-state index contributed by atoms with van der Waals surface area (Å²) in [4.78, 5) is 12.2. The van der Waals surface area contributed by atoms with Crippen LogP contribution in [0.5, 0.6) is 0 Å². The van der Waals surface area contributed by atoms with E-state index in [1.54, 1.807) is 12.1 Å². The molecule has 1 N–H and O–H groups in total. The van der Waals surface area contributed by atoms with Gasteiger partial charge in [-0.2, -0.15) is 0 Å². The van der Waals surface area contributed by atoms with Crippen molar-refractivity contribution in [3.05, 3.63) is 65.7 Å². The van der Waals surface area contributed by atoms with Gasteiger partial charge >= 0.3 is 0 Å². The topological polar surface area (TPSA) is 66.5 Å². The molecule has 28 heavy (non-hydrogen) atoms. The number of nitrogens with one attached hydrogen (secondary N) is 1. The molecule has 0 fully saturated rings. The minimum Gasteiger partial charge on any atom is -0.354 e. The molecule has 0 aliphatic rings. The number of anilines is 1. The number of rotatable bonds is 10. The van der Waals surface area contributed by atoms with Crippen molar-refractivity contribution in [3.8, 4) is 0 Å². The van der Waals surface area contributed by atoms with Gasteiger partial charge in [0, 0.05) is 19.0 Å². The summed E-state index contributed by atoms with van der Waals surface area (Å²) >= 11 is 0. The first kappa shape index (κ1) is 22.0. The Morgan fingerprint density at radius 1 is 1.07 bits per heavy atom. The molecular weight excluding hydrogens is 372 g/mol. The molecule has 2 aromatic carbocycles. The third-order valence-electron chi connectivity index (χ3n) is 4.60. The van der Waals surface area contributed by atoms with Crippen LogP contribution in [-0.4, -0.2) is 33.2 Å². The van der Waals surface area contributed by atoms with Gasteiger partial charge in [-0.05, 0) is 50.8 Å². The van der Waals surface area contributed by atoms with Crippen LogP contribution in [0, 0.1) is 6.92 Å². The Kier molecular flexibility index (Phi) is 8.05. The average Bonchev–Trinajstić information content (AvgIpc) is 2.64. The van der Waals surface area contributed by atoms with Crippen molar-refractivity contribution in [2.45, 2.75) is 45.6 Å². The molecule has 2 aromatic rings. The monoisotopic (exact) mass is 402 g/mol. The zero-order chi connectivity index (χ0) is 20.6. The summed E-state index contributed by atoms with van der Waals surface area (Å²) in [6.45, 7) is 4.24. The van der Waals surface area contributed by atoms with E-state index in [-0.39, 0.29) is 18.5 Å². The van der Waals surface area contributed by atoms with Gasteiger partial charge in [-0.15, -0.1) is 0 Å². The number of hydrogen-bond acceptors (Lipinski definition) is 3. The lowest BCUT2D eigenvalue weighted by Gasteiger charge is -2.22. The van der Waals surface area contributed by atoms with Crippen molar-refractivity contribution in [2.75, 3.05) is 17.1 Å². The van der Waals surface area contributed by atoms with Crippen LogP contribution >= 0.6 is 0 Å². The number of hydrogen-bond donors (Lipinski definition) is 1. The Morgan fingerprint density at radius 3 is 2.32 bits per heavy atom. The van der Waals surface area contributed by atoms with Crippen molar-refractivity contribution in [3.63, 3.8) is 0 Å². The first-order valence-corrected chi connectivity index (χ1v) is 11.5.